The number of nitrogens with one attached hydrogen (secondary N) is 1. The van der Waals surface area contributed by atoms with Gasteiger partial charge in [0.2, 0.25) is 0 Å². The van der Waals surface area contributed by atoms with Crippen LogP contribution in [-0.2, 0) is 0 Å². The van der Waals surface area contributed by atoms with E-state index in [0.29, 0.717) is 33.5 Å². The van der Waals surface area contributed by atoms with Crippen LogP contribution in [0.15, 0.2) is 52.4 Å². The van der Waals surface area contributed by atoms with E-state index in [2.05, 4.69) is 22.1 Å². The van der Waals surface area contributed by atoms with E-state index in [9.17, 15) is 9.59 Å². The van der Waals surface area contributed by atoms with Crippen molar-refractivity contribution in [3.8, 4) is 5.82 Å². The van der Waals surface area contributed by atoms with Crippen LogP contribution >= 0.6 is 0 Å². The summed E-state index contributed by atoms with van der Waals surface area (Å²) in [5, 5.41) is 7.61. The first-order valence-corrected chi connectivity index (χ1v) is 9.70. The minimum Gasteiger partial charge on any atom is -0.312 e. The van der Waals surface area contributed by atoms with E-state index in [1.807, 2.05) is 16.8 Å². The molecule has 0 aromatic carbocycles. The third kappa shape index (κ3) is 2.58. The van der Waals surface area contributed by atoms with Gasteiger partial charge in [0.25, 0.3) is 11.1 Å². The van der Waals surface area contributed by atoms with Gasteiger partial charge in [-0.25, -0.2) is 4.98 Å². The first-order valence-electron chi connectivity index (χ1n) is 9.70. The van der Waals surface area contributed by atoms with Crippen LogP contribution in [0.3, 0.4) is 0 Å². The molecule has 5 rings (SSSR count). The second-order valence-electron chi connectivity index (χ2n) is 7.64. The zero-order valence-electron chi connectivity index (χ0n) is 15.6. The Morgan fingerprint density at radius 2 is 1.75 bits per heavy atom. The van der Waals surface area contributed by atoms with E-state index in [0.717, 1.165) is 19.3 Å². The first kappa shape index (κ1) is 16.9. The monoisotopic (exact) mass is 375 g/mol. The lowest BCUT2D eigenvalue weighted by Crippen LogP contribution is -2.30. The molecule has 0 spiro atoms. The number of fused-ring (bicyclic) bond motifs is 2. The molecule has 0 saturated heterocycles. The molecule has 1 aliphatic carbocycles. The Bertz CT molecular complexity index is 1290. The van der Waals surface area contributed by atoms with Gasteiger partial charge in [-0.3, -0.25) is 19.3 Å². The SMILES string of the molecule is C[C@@H]1CCCC[C@@H]1n1ccc2nc3ccn(-c4ccn[nH]4)c(=O)c3cc2c1=O. The van der Waals surface area contributed by atoms with Crippen LogP contribution in [-0.4, -0.2) is 24.3 Å². The van der Waals surface area contributed by atoms with E-state index in [1.165, 1.54) is 11.0 Å². The number of aromatic nitrogens is 5. The molecular formula is C21H21N5O2. The zero-order valence-corrected chi connectivity index (χ0v) is 15.6. The highest BCUT2D eigenvalue weighted by Gasteiger charge is 2.24. The van der Waals surface area contributed by atoms with Gasteiger partial charge in [-0.15, -0.1) is 0 Å². The van der Waals surface area contributed by atoms with Gasteiger partial charge in [0.15, 0.2) is 0 Å². The summed E-state index contributed by atoms with van der Waals surface area (Å²) in [4.78, 5) is 30.8. The second-order valence-corrected chi connectivity index (χ2v) is 7.64. The molecule has 4 aromatic rings. The van der Waals surface area contributed by atoms with Gasteiger partial charge in [0.1, 0.15) is 5.82 Å². The van der Waals surface area contributed by atoms with Crippen molar-refractivity contribution >= 4 is 21.8 Å². The van der Waals surface area contributed by atoms with Crippen molar-refractivity contribution in [1.29, 1.82) is 0 Å². The molecule has 4 aromatic heterocycles. The highest BCUT2D eigenvalue weighted by molar-refractivity contribution is 5.91. The third-order valence-corrected chi connectivity index (χ3v) is 5.94. The minimum atomic E-state index is -0.225. The topological polar surface area (TPSA) is 85.6 Å². The fraction of sp³-hybridized carbons (Fsp3) is 0.333. The number of rotatable bonds is 2. The van der Waals surface area contributed by atoms with E-state index in [4.69, 9.17) is 0 Å². The number of hydrogen-bond donors (Lipinski definition) is 1. The highest BCUT2D eigenvalue weighted by Crippen LogP contribution is 2.32. The number of H-pyrrole nitrogens is 1. The predicted molar refractivity (Wildman–Crippen MR) is 108 cm³/mol. The van der Waals surface area contributed by atoms with Crippen molar-refractivity contribution in [3.05, 3.63) is 63.6 Å². The van der Waals surface area contributed by atoms with Gasteiger partial charge < -0.3 is 4.57 Å². The van der Waals surface area contributed by atoms with Crippen LogP contribution in [0.25, 0.3) is 27.6 Å². The standard InChI is InChI=1S/C21H21N5O2/c1-13-4-2-3-5-18(13)25-10-7-16-14(20(25)27)12-15-17(23-16)8-11-26(21(15)28)19-6-9-22-24-19/h6-13,18H,2-5H2,1H3,(H,22,24)/t13-,18+/m1/s1. The van der Waals surface area contributed by atoms with Crippen molar-refractivity contribution in [2.24, 2.45) is 5.92 Å². The van der Waals surface area contributed by atoms with Gasteiger partial charge in [-0.05, 0) is 37.0 Å². The number of hydrogen-bond acceptors (Lipinski definition) is 4. The van der Waals surface area contributed by atoms with E-state index < -0.39 is 0 Å². The zero-order chi connectivity index (χ0) is 19.3. The summed E-state index contributed by atoms with van der Waals surface area (Å²) in [5.74, 6) is 1.04. The fourth-order valence-corrected chi connectivity index (χ4v) is 4.38. The average molecular weight is 375 g/mol. The van der Waals surface area contributed by atoms with E-state index >= 15 is 0 Å². The molecule has 7 nitrogen and oxygen atoms in total. The molecule has 142 valence electrons. The van der Waals surface area contributed by atoms with Crippen LogP contribution < -0.4 is 11.1 Å². The summed E-state index contributed by atoms with van der Waals surface area (Å²) in [6, 6.07) is 7.29. The number of nitrogens with zero attached hydrogens (tertiary/aromatic N) is 4. The Labute approximate surface area is 160 Å². The van der Waals surface area contributed by atoms with Gasteiger partial charge in [-0.1, -0.05) is 19.8 Å². The lowest BCUT2D eigenvalue weighted by atomic mass is 9.85. The van der Waals surface area contributed by atoms with Gasteiger partial charge in [0, 0.05) is 24.5 Å². The molecule has 4 heterocycles. The molecule has 1 saturated carbocycles. The molecule has 28 heavy (non-hydrogen) atoms. The summed E-state index contributed by atoms with van der Waals surface area (Å²) < 4.78 is 3.32. The molecule has 0 bridgehead atoms. The second kappa shape index (κ2) is 6.44. The maximum Gasteiger partial charge on any atom is 0.265 e. The molecule has 0 unspecified atom stereocenters. The third-order valence-electron chi connectivity index (χ3n) is 5.94. The van der Waals surface area contributed by atoms with Crippen LogP contribution in [0.1, 0.15) is 38.6 Å². The van der Waals surface area contributed by atoms with Crippen molar-refractivity contribution in [3.63, 3.8) is 0 Å². The molecule has 1 N–H and O–H groups in total. The first-order chi connectivity index (χ1) is 13.6. The maximum atomic E-state index is 13.2. The molecule has 0 radical (unpaired) electrons. The molecule has 0 aliphatic heterocycles. The highest BCUT2D eigenvalue weighted by atomic mass is 16.1. The van der Waals surface area contributed by atoms with E-state index in [1.54, 1.807) is 30.6 Å². The Kier molecular flexibility index (Phi) is 3.89. The van der Waals surface area contributed by atoms with Crippen molar-refractivity contribution in [2.45, 2.75) is 38.6 Å². The fourth-order valence-electron chi connectivity index (χ4n) is 4.38. The van der Waals surface area contributed by atoms with E-state index in [-0.39, 0.29) is 17.2 Å². The summed E-state index contributed by atoms with van der Waals surface area (Å²) in [7, 11) is 0. The Hall–Kier alpha value is -3.22. The van der Waals surface area contributed by atoms with Gasteiger partial charge >= 0.3 is 0 Å². The lowest BCUT2D eigenvalue weighted by Gasteiger charge is -2.30. The molecule has 2 atom stereocenters. The number of pyridine rings is 3. The molecule has 7 heteroatoms. The van der Waals surface area contributed by atoms with Crippen molar-refractivity contribution in [2.75, 3.05) is 0 Å². The van der Waals surface area contributed by atoms with Gasteiger partial charge in [-0.2, -0.15) is 5.10 Å². The Morgan fingerprint density at radius 1 is 1.00 bits per heavy atom. The van der Waals surface area contributed by atoms with Crippen LogP contribution in [0.2, 0.25) is 0 Å². The molecule has 1 aliphatic rings. The van der Waals surface area contributed by atoms with Crippen LogP contribution in [0.5, 0.6) is 0 Å². The average Bonchev–Trinajstić information content (AvgIpc) is 3.23. The maximum absolute atomic E-state index is 13.2. The largest absolute Gasteiger partial charge is 0.312 e. The summed E-state index contributed by atoms with van der Waals surface area (Å²) in [6.07, 6.45) is 9.64. The Morgan fingerprint density at radius 3 is 2.50 bits per heavy atom. The number of aromatic amines is 1. The van der Waals surface area contributed by atoms with Crippen molar-refractivity contribution < 1.29 is 0 Å². The quantitative estimate of drug-likeness (QED) is 0.545. The Balaban J connectivity index is 1.73. The normalized spacial score (nSPS) is 20.0. The van der Waals surface area contributed by atoms with Crippen molar-refractivity contribution in [1.82, 2.24) is 24.3 Å². The van der Waals surface area contributed by atoms with Gasteiger partial charge in [0.05, 0.1) is 28.0 Å². The molecule has 1 fully saturated rings. The summed E-state index contributed by atoms with van der Waals surface area (Å²) in [6.45, 7) is 2.21. The lowest BCUT2D eigenvalue weighted by molar-refractivity contribution is 0.253. The minimum absolute atomic E-state index is 0.0676. The summed E-state index contributed by atoms with van der Waals surface area (Å²) >= 11 is 0. The summed E-state index contributed by atoms with van der Waals surface area (Å²) in [5.41, 5.74) is 0.909. The molecular weight excluding hydrogens is 354 g/mol. The smallest absolute Gasteiger partial charge is 0.265 e. The van der Waals surface area contributed by atoms with Crippen LogP contribution in [0.4, 0.5) is 0 Å². The predicted octanol–water partition coefficient (Wildman–Crippen LogP) is 3.17. The van der Waals surface area contributed by atoms with Crippen LogP contribution in [0, 0.1) is 5.92 Å². The molecule has 0 amide bonds.